The number of hydrogen-bond donors (Lipinski definition) is 1. The summed E-state index contributed by atoms with van der Waals surface area (Å²) in [5.41, 5.74) is -0.780. The summed E-state index contributed by atoms with van der Waals surface area (Å²) in [6.45, 7) is -0.634. The van der Waals surface area contributed by atoms with Crippen LogP contribution >= 0.6 is 15.9 Å². The van der Waals surface area contributed by atoms with E-state index >= 15 is 0 Å². The van der Waals surface area contributed by atoms with Crippen molar-refractivity contribution in [3.63, 3.8) is 0 Å². The molecule has 0 aliphatic heterocycles. The fourth-order valence-electron chi connectivity index (χ4n) is 1.12. The van der Waals surface area contributed by atoms with Crippen LogP contribution in [0.25, 0.3) is 5.57 Å². The SMILES string of the molecule is OC/C=C(\c1ccc(Br)cc1)C(F)(F)F. The number of hydrogen-bond acceptors (Lipinski definition) is 1. The second-order valence-electron chi connectivity index (χ2n) is 2.81. The molecule has 0 fully saturated rings. The minimum Gasteiger partial charge on any atom is -0.392 e. The molecule has 0 aliphatic carbocycles. The van der Waals surface area contributed by atoms with Crippen LogP contribution < -0.4 is 0 Å². The Kier molecular flexibility index (Phi) is 3.93. The second kappa shape index (κ2) is 4.81. The standard InChI is InChI=1S/C10H8BrF3O/c11-8-3-1-7(2-4-8)9(5-6-15)10(12,13)14/h1-5,15H,6H2/b9-5+. The summed E-state index contributed by atoms with van der Waals surface area (Å²) in [5.74, 6) is 0. The Morgan fingerprint density at radius 2 is 1.80 bits per heavy atom. The first-order chi connectivity index (χ1) is 6.95. The minimum atomic E-state index is -4.45. The highest BCUT2D eigenvalue weighted by atomic mass is 79.9. The van der Waals surface area contributed by atoms with Gasteiger partial charge in [-0.2, -0.15) is 13.2 Å². The lowest BCUT2D eigenvalue weighted by molar-refractivity contribution is -0.0692. The highest BCUT2D eigenvalue weighted by molar-refractivity contribution is 9.10. The zero-order valence-corrected chi connectivity index (χ0v) is 9.14. The van der Waals surface area contributed by atoms with Crippen LogP contribution in [0, 0.1) is 0 Å². The third-order valence-electron chi connectivity index (χ3n) is 1.76. The molecule has 1 aromatic carbocycles. The van der Waals surface area contributed by atoms with Crippen LogP contribution in [0.1, 0.15) is 5.56 Å². The maximum atomic E-state index is 12.5. The van der Waals surface area contributed by atoms with Gasteiger partial charge in [-0.25, -0.2) is 0 Å². The van der Waals surface area contributed by atoms with Gasteiger partial charge in [0.1, 0.15) is 0 Å². The molecule has 15 heavy (non-hydrogen) atoms. The number of benzene rings is 1. The van der Waals surface area contributed by atoms with Gasteiger partial charge in [0.25, 0.3) is 0 Å². The van der Waals surface area contributed by atoms with E-state index < -0.39 is 18.4 Å². The van der Waals surface area contributed by atoms with Crippen molar-refractivity contribution in [3.05, 3.63) is 40.4 Å². The molecule has 0 radical (unpaired) electrons. The predicted molar refractivity (Wildman–Crippen MR) is 55.3 cm³/mol. The number of halogens is 4. The van der Waals surface area contributed by atoms with Gasteiger partial charge in [-0.3, -0.25) is 0 Å². The molecular formula is C10H8BrF3O. The lowest BCUT2D eigenvalue weighted by atomic mass is 10.1. The Bertz CT molecular complexity index is 354. The topological polar surface area (TPSA) is 20.2 Å². The summed E-state index contributed by atoms with van der Waals surface area (Å²) in [6.07, 6.45) is -3.69. The summed E-state index contributed by atoms with van der Waals surface area (Å²) in [4.78, 5) is 0. The maximum absolute atomic E-state index is 12.5. The monoisotopic (exact) mass is 280 g/mol. The van der Waals surface area contributed by atoms with Crippen molar-refractivity contribution in [2.75, 3.05) is 6.61 Å². The van der Waals surface area contributed by atoms with Crippen LogP contribution in [0.5, 0.6) is 0 Å². The summed E-state index contributed by atoms with van der Waals surface area (Å²) in [6, 6.07) is 5.73. The molecule has 1 aromatic rings. The Labute approximate surface area is 93.4 Å². The molecular weight excluding hydrogens is 273 g/mol. The molecule has 0 spiro atoms. The largest absolute Gasteiger partial charge is 0.416 e. The van der Waals surface area contributed by atoms with Crippen molar-refractivity contribution in [1.29, 1.82) is 0 Å². The molecule has 0 saturated carbocycles. The van der Waals surface area contributed by atoms with Crippen molar-refractivity contribution < 1.29 is 18.3 Å². The highest BCUT2D eigenvalue weighted by Gasteiger charge is 2.34. The van der Waals surface area contributed by atoms with Gasteiger partial charge in [-0.05, 0) is 23.8 Å². The van der Waals surface area contributed by atoms with Crippen LogP contribution in [-0.2, 0) is 0 Å². The highest BCUT2D eigenvalue weighted by Crippen LogP contribution is 2.33. The lowest BCUT2D eigenvalue weighted by Gasteiger charge is -2.11. The smallest absolute Gasteiger partial charge is 0.392 e. The number of aliphatic hydroxyl groups excluding tert-OH is 1. The molecule has 82 valence electrons. The normalized spacial score (nSPS) is 13.0. The van der Waals surface area contributed by atoms with Gasteiger partial charge in [-0.1, -0.05) is 28.1 Å². The summed E-state index contributed by atoms with van der Waals surface area (Å²) >= 11 is 3.13. The quantitative estimate of drug-likeness (QED) is 0.881. The van der Waals surface area contributed by atoms with Crippen LogP contribution in [0.2, 0.25) is 0 Å². The second-order valence-corrected chi connectivity index (χ2v) is 3.72. The molecule has 1 N–H and O–H groups in total. The van der Waals surface area contributed by atoms with E-state index in [0.29, 0.717) is 4.47 Å². The molecule has 0 aliphatic rings. The summed E-state index contributed by atoms with van der Waals surface area (Å²) < 4.78 is 38.2. The number of rotatable bonds is 2. The van der Waals surface area contributed by atoms with Crippen LogP contribution in [-0.4, -0.2) is 17.9 Å². The van der Waals surface area contributed by atoms with E-state index in [1.807, 2.05) is 0 Å². The van der Waals surface area contributed by atoms with Gasteiger partial charge < -0.3 is 5.11 Å². The van der Waals surface area contributed by atoms with Gasteiger partial charge in [-0.15, -0.1) is 0 Å². The average molecular weight is 281 g/mol. The fraction of sp³-hybridized carbons (Fsp3) is 0.200. The third-order valence-corrected chi connectivity index (χ3v) is 2.28. The van der Waals surface area contributed by atoms with E-state index in [-0.39, 0.29) is 5.56 Å². The number of allylic oxidation sites excluding steroid dienone is 1. The average Bonchev–Trinajstić information content (AvgIpc) is 2.14. The molecule has 1 nitrogen and oxygen atoms in total. The Morgan fingerprint density at radius 1 is 1.27 bits per heavy atom. The Hall–Kier alpha value is -0.810. The molecule has 0 aromatic heterocycles. The summed E-state index contributed by atoms with van der Waals surface area (Å²) in [7, 11) is 0. The molecule has 0 heterocycles. The molecule has 0 atom stereocenters. The van der Waals surface area contributed by atoms with E-state index in [4.69, 9.17) is 5.11 Å². The van der Waals surface area contributed by atoms with Crippen molar-refractivity contribution in [1.82, 2.24) is 0 Å². The van der Waals surface area contributed by atoms with E-state index in [2.05, 4.69) is 15.9 Å². The van der Waals surface area contributed by atoms with Gasteiger partial charge in [0, 0.05) is 4.47 Å². The van der Waals surface area contributed by atoms with Gasteiger partial charge in [0.05, 0.1) is 12.2 Å². The van der Waals surface area contributed by atoms with Crippen molar-refractivity contribution in [2.45, 2.75) is 6.18 Å². The van der Waals surface area contributed by atoms with Crippen LogP contribution in [0.3, 0.4) is 0 Å². The van der Waals surface area contributed by atoms with Crippen molar-refractivity contribution in [2.24, 2.45) is 0 Å². The first-order valence-corrected chi connectivity index (χ1v) is 4.88. The molecule has 5 heteroatoms. The first-order valence-electron chi connectivity index (χ1n) is 4.09. The minimum absolute atomic E-state index is 0.0414. The maximum Gasteiger partial charge on any atom is 0.416 e. The van der Waals surface area contributed by atoms with E-state index in [1.165, 1.54) is 24.3 Å². The van der Waals surface area contributed by atoms with Crippen molar-refractivity contribution >= 4 is 21.5 Å². The first kappa shape index (κ1) is 12.3. The van der Waals surface area contributed by atoms with Crippen molar-refractivity contribution in [3.8, 4) is 0 Å². The fourth-order valence-corrected chi connectivity index (χ4v) is 1.38. The zero-order chi connectivity index (χ0) is 11.5. The molecule has 0 saturated heterocycles. The Morgan fingerprint density at radius 3 is 2.20 bits per heavy atom. The van der Waals surface area contributed by atoms with E-state index in [1.54, 1.807) is 0 Å². The van der Waals surface area contributed by atoms with Gasteiger partial charge in [0.15, 0.2) is 0 Å². The third kappa shape index (κ3) is 3.35. The number of aliphatic hydroxyl groups is 1. The van der Waals surface area contributed by atoms with Gasteiger partial charge >= 0.3 is 6.18 Å². The zero-order valence-electron chi connectivity index (χ0n) is 7.55. The van der Waals surface area contributed by atoms with E-state index in [9.17, 15) is 13.2 Å². The molecule has 0 bridgehead atoms. The van der Waals surface area contributed by atoms with Gasteiger partial charge in [0.2, 0.25) is 0 Å². The molecule has 1 rings (SSSR count). The predicted octanol–water partition coefficient (Wildman–Crippen LogP) is 3.39. The van der Waals surface area contributed by atoms with E-state index in [0.717, 1.165) is 6.08 Å². The Balaban J connectivity index is 3.11. The van der Waals surface area contributed by atoms with Crippen LogP contribution in [0.4, 0.5) is 13.2 Å². The molecule has 0 amide bonds. The van der Waals surface area contributed by atoms with Crippen LogP contribution in [0.15, 0.2) is 34.8 Å². The number of alkyl halides is 3. The molecule has 0 unspecified atom stereocenters. The lowest BCUT2D eigenvalue weighted by Crippen LogP contribution is -2.11. The summed E-state index contributed by atoms with van der Waals surface area (Å²) in [5, 5.41) is 8.53.